The first-order chi connectivity index (χ1) is 15.5. The number of hydrogen-bond acceptors (Lipinski definition) is 6. The molecule has 1 aromatic rings. The normalized spacial score (nSPS) is 37.8. The van der Waals surface area contributed by atoms with Gasteiger partial charge >= 0.3 is 5.97 Å². The van der Waals surface area contributed by atoms with Crippen molar-refractivity contribution in [1.82, 2.24) is 0 Å². The van der Waals surface area contributed by atoms with E-state index in [0.717, 1.165) is 6.42 Å². The number of esters is 1. The van der Waals surface area contributed by atoms with Crippen LogP contribution in [0.5, 0.6) is 11.5 Å². The fraction of sp³-hybridized carbons (Fsp3) is 0.560. The molecule has 1 aromatic carbocycles. The highest BCUT2D eigenvalue weighted by Crippen LogP contribution is 2.70. The van der Waals surface area contributed by atoms with Gasteiger partial charge in [0.25, 0.3) is 0 Å². The van der Waals surface area contributed by atoms with Crippen molar-refractivity contribution in [2.45, 2.75) is 19.8 Å². The Labute approximate surface area is 186 Å². The van der Waals surface area contributed by atoms with Crippen molar-refractivity contribution in [3.63, 3.8) is 0 Å². The summed E-state index contributed by atoms with van der Waals surface area (Å²) in [5, 5.41) is 0. The standard InChI is InChI=1S/C25H27NO6/c1-4-32-25(29)13-9-17(30-2)18(31-3)10-16(13)26-23(27)21-14-8-15(22(21)24(26)28)20-12-6-5-11(7-12)19(14)20/h5-6,9-12,14-15,19-22H,4,7-8H2,1-3H3. The molecule has 4 bridgehead atoms. The summed E-state index contributed by atoms with van der Waals surface area (Å²) in [6, 6.07) is 3.05. The molecule has 1 aliphatic heterocycles. The number of rotatable bonds is 5. The van der Waals surface area contributed by atoms with Gasteiger partial charge in [0.1, 0.15) is 0 Å². The first-order valence-corrected chi connectivity index (χ1v) is 11.5. The van der Waals surface area contributed by atoms with Crippen molar-refractivity contribution in [1.29, 1.82) is 0 Å². The topological polar surface area (TPSA) is 82.1 Å². The van der Waals surface area contributed by atoms with Gasteiger partial charge in [0.2, 0.25) is 11.8 Å². The Morgan fingerprint density at radius 3 is 2.03 bits per heavy atom. The number of imide groups is 1. The van der Waals surface area contributed by atoms with Gasteiger partial charge in [-0.15, -0.1) is 0 Å². The summed E-state index contributed by atoms with van der Waals surface area (Å²) in [7, 11) is 2.96. The first-order valence-electron chi connectivity index (χ1n) is 11.5. The van der Waals surface area contributed by atoms with Crippen LogP contribution >= 0.6 is 0 Å². The molecule has 5 aliphatic rings. The number of allylic oxidation sites excluding steroid dienone is 2. The number of carbonyl (C=O) groups excluding carboxylic acids is 3. The average molecular weight is 437 g/mol. The maximum Gasteiger partial charge on any atom is 0.340 e. The molecule has 1 saturated heterocycles. The maximum atomic E-state index is 13.7. The van der Waals surface area contributed by atoms with E-state index < -0.39 is 5.97 Å². The number of fused-ring (bicyclic) bond motifs is 12. The van der Waals surface area contributed by atoms with Gasteiger partial charge in [0.15, 0.2) is 11.5 Å². The van der Waals surface area contributed by atoms with Gasteiger partial charge in [0.05, 0.1) is 43.9 Å². The minimum Gasteiger partial charge on any atom is -0.493 e. The van der Waals surface area contributed by atoms with Crippen LogP contribution in [0.25, 0.3) is 0 Å². The van der Waals surface area contributed by atoms with Crippen molar-refractivity contribution < 1.29 is 28.6 Å². The molecule has 8 unspecified atom stereocenters. The zero-order valence-electron chi connectivity index (χ0n) is 18.4. The summed E-state index contributed by atoms with van der Waals surface area (Å²) in [6.07, 6.45) is 6.80. The summed E-state index contributed by atoms with van der Waals surface area (Å²) in [4.78, 5) is 41.5. The minimum atomic E-state index is -0.594. The van der Waals surface area contributed by atoms with Gasteiger partial charge < -0.3 is 14.2 Å². The van der Waals surface area contributed by atoms with Gasteiger partial charge in [0, 0.05) is 12.1 Å². The lowest BCUT2D eigenvalue weighted by Gasteiger charge is -2.36. The number of nitrogens with zero attached hydrogens (tertiary/aromatic N) is 1. The quantitative estimate of drug-likeness (QED) is 0.305. The first kappa shape index (κ1) is 19.8. The highest BCUT2D eigenvalue weighted by Gasteiger charge is 2.71. The molecule has 6 rings (SSSR count). The number of carbonyl (C=O) groups is 3. The molecule has 1 heterocycles. The van der Waals surface area contributed by atoms with Crippen LogP contribution in [0.15, 0.2) is 24.3 Å². The van der Waals surface area contributed by atoms with E-state index in [1.165, 1.54) is 31.6 Å². The molecule has 168 valence electrons. The predicted molar refractivity (Wildman–Crippen MR) is 114 cm³/mol. The third kappa shape index (κ3) is 2.34. The highest BCUT2D eigenvalue weighted by molar-refractivity contribution is 6.24. The van der Waals surface area contributed by atoms with Crippen LogP contribution in [-0.2, 0) is 14.3 Å². The smallest absolute Gasteiger partial charge is 0.340 e. The van der Waals surface area contributed by atoms with Crippen molar-refractivity contribution >= 4 is 23.5 Å². The molecule has 0 spiro atoms. The molecular formula is C25H27NO6. The molecule has 3 saturated carbocycles. The lowest BCUT2D eigenvalue weighted by atomic mass is 9.65. The van der Waals surface area contributed by atoms with E-state index in [0.29, 0.717) is 35.2 Å². The molecule has 4 aliphatic carbocycles. The Kier molecular flexibility index (Phi) is 4.23. The van der Waals surface area contributed by atoms with E-state index in [-0.39, 0.29) is 53.3 Å². The molecule has 2 amide bonds. The van der Waals surface area contributed by atoms with Crippen molar-refractivity contribution in [2.75, 3.05) is 25.7 Å². The van der Waals surface area contributed by atoms with Crippen molar-refractivity contribution in [3.05, 3.63) is 29.8 Å². The second-order valence-corrected chi connectivity index (χ2v) is 9.67. The van der Waals surface area contributed by atoms with Crippen LogP contribution in [0.3, 0.4) is 0 Å². The second-order valence-electron chi connectivity index (χ2n) is 9.67. The SMILES string of the molecule is CCOC(=O)c1cc(OC)c(OC)cc1N1C(=O)C2C3CC(C2C1=O)C1C2C=CC(C2)C31. The molecular weight excluding hydrogens is 410 g/mol. The minimum absolute atomic E-state index is 0.139. The number of methoxy groups -OCH3 is 2. The number of amides is 2. The lowest BCUT2D eigenvalue weighted by Crippen LogP contribution is -2.38. The van der Waals surface area contributed by atoms with Gasteiger partial charge in [-0.25, -0.2) is 9.69 Å². The molecule has 4 fully saturated rings. The van der Waals surface area contributed by atoms with Crippen LogP contribution in [0.2, 0.25) is 0 Å². The van der Waals surface area contributed by atoms with Crippen molar-refractivity contribution in [3.8, 4) is 11.5 Å². The summed E-state index contributed by atoms with van der Waals surface area (Å²) in [5.41, 5.74) is 0.372. The Balaban J connectivity index is 1.42. The fourth-order valence-electron chi connectivity index (χ4n) is 7.78. The summed E-state index contributed by atoms with van der Waals surface area (Å²) >= 11 is 0. The number of hydrogen-bond donors (Lipinski definition) is 0. The Morgan fingerprint density at radius 2 is 1.50 bits per heavy atom. The maximum absolute atomic E-state index is 13.7. The van der Waals surface area contributed by atoms with E-state index >= 15 is 0 Å². The molecule has 0 aromatic heterocycles. The summed E-state index contributed by atoms with van der Waals surface area (Å²) < 4.78 is 16.0. The fourth-order valence-corrected chi connectivity index (χ4v) is 7.78. The van der Waals surface area contributed by atoms with Gasteiger partial charge in [-0.1, -0.05) is 12.2 Å². The van der Waals surface area contributed by atoms with Gasteiger partial charge in [-0.3, -0.25) is 9.59 Å². The number of benzene rings is 1. The van der Waals surface area contributed by atoms with Crippen LogP contribution in [0, 0.1) is 47.3 Å². The number of anilines is 1. The largest absolute Gasteiger partial charge is 0.493 e. The zero-order chi connectivity index (χ0) is 22.3. The molecule has 32 heavy (non-hydrogen) atoms. The lowest BCUT2D eigenvalue weighted by molar-refractivity contribution is -0.123. The zero-order valence-corrected chi connectivity index (χ0v) is 18.4. The van der Waals surface area contributed by atoms with E-state index in [9.17, 15) is 14.4 Å². The second kappa shape index (κ2) is 6.83. The van der Waals surface area contributed by atoms with E-state index in [1.54, 1.807) is 13.0 Å². The van der Waals surface area contributed by atoms with Gasteiger partial charge in [-0.2, -0.15) is 0 Å². The molecule has 7 nitrogen and oxygen atoms in total. The third-order valence-corrected chi connectivity index (χ3v) is 8.67. The van der Waals surface area contributed by atoms with Gasteiger partial charge in [-0.05, 0) is 55.3 Å². The van der Waals surface area contributed by atoms with Crippen LogP contribution < -0.4 is 14.4 Å². The molecule has 7 heteroatoms. The van der Waals surface area contributed by atoms with E-state index in [2.05, 4.69) is 12.2 Å². The molecule has 0 N–H and O–H groups in total. The molecule has 8 atom stereocenters. The monoisotopic (exact) mass is 437 g/mol. The summed E-state index contributed by atoms with van der Waals surface area (Å²) in [5.74, 6) is 1.80. The highest BCUT2D eigenvalue weighted by atomic mass is 16.5. The Hall–Kier alpha value is -2.83. The van der Waals surface area contributed by atoms with E-state index in [4.69, 9.17) is 14.2 Å². The summed E-state index contributed by atoms with van der Waals surface area (Å²) in [6.45, 7) is 1.90. The Bertz CT molecular complexity index is 1020. The predicted octanol–water partition coefficient (Wildman–Crippen LogP) is 3.07. The van der Waals surface area contributed by atoms with E-state index in [1.807, 2.05) is 0 Å². The van der Waals surface area contributed by atoms with Crippen LogP contribution in [-0.4, -0.2) is 38.6 Å². The number of ether oxygens (including phenoxy) is 3. The van der Waals surface area contributed by atoms with Crippen molar-refractivity contribution in [2.24, 2.45) is 47.3 Å². The third-order valence-electron chi connectivity index (χ3n) is 8.67. The average Bonchev–Trinajstić information content (AvgIpc) is 3.59. The molecule has 0 radical (unpaired) electrons. The van der Waals surface area contributed by atoms with Crippen LogP contribution in [0.1, 0.15) is 30.1 Å². The Morgan fingerprint density at radius 1 is 0.938 bits per heavy atom. The van der Waals surface area contributed by atoms with Crippen LogP contribution in [0.4, 0.5) is 5.69 Å².